The van der Waals surface area contributed by atoms with E-state index in [1.165, 1.54) is 6.07 Å². The van der Waals surface area contributed by atoms with Gasteiger partial charge in [-0.1, -0.05) is 18.2 Å². The van der Waals surface area contributed by atoms with Crippen molar-refractivity contribution in [1.29, 1.82) is 0 Å². The minimum atomic E-state index is -4.71. The zero-order valence-corrected chi connectivity index (χ0v) is 19.8. The molecule has 7 nitrogen and oxygen atoms in total. The predicted octanol–water partition coefficient (Wildman–Crippen LogP) is 4.49. The Bertz CT molecular complexity index is 1140. The van der Waals surface area contributed by atoms with E-state index in [1.807, 2.05) is 20.2 Å². The molecule has 3 aromatic rings. The van der Waals surface area contributed by atoms with E-state index < -0.39 is 6.36 Å². The molecule has 34 heavy (non-hydrogen) atoms. The number of aryl methyl sites for hydroxylation is 1. The largest absolute Gasteiger partial charge is 0.573 e. The van der Waals surface area contributed by atoms with E-state index in [9.17, 15) is 13.2 Å². The van der Waals surface area contributed by atoms with Crippen LogP contribution in [0.2, 0.25) is 0 Å². The van der Waals surface area contributed by atoms with E-state index in [-0.39, 0.29) is 11.8 Å². The molecular weight excluding hydrogens is 445 g/mol. The third-order valence-electron chi connectivity index (χ3n) is 6.57. The van der Waals surface area contributed by atoms with Crippen molar-refractivity contribution in [2.24, 2.45) is 7.05 Å². The number of halogens is 3. The van der Waals surface area contributed by atoms with Crippen LogP contribution in [0.15, 0.2) is 36.5 Å². The van der Waals surface area contributed by atoms with Gasteiger partial charge in [0.2, 0.25) is 0 Å². The Morgan fingerprint density at radius 2 is 1.76 bits per heavy atom. The first-order valence-corrected chi connectivity index (χ1v) is 11.2. The van der Waals surface area contributed by atoms with E-state index >= 15 is 0 Å². The van der Waals surface area contributed by atoms with Crippen molar-refractivity contribution in [3.8, 4) is 17.1 Å². The molecule has 1 saturated heterocycles. The van der Waals surface area contributed by atoms with Crippen LogP contribution in [0.3, 0.4) is 0 Å². The summed E-state index contributed by atoms with van der Waals surface area (Å²) < 4.78 is 44.2. The highest BCUT2D eigenvalue weighted by Crippen LogP contribution is 2.31. The van der Waals surface area contributed by atoms with Crippen molar-refractivity contribution in [3.05, 3.63) is 53.2 Å². The number of ether oxygens (including phenoxy) is 1. The van der Waals surface area contributed by atoms with Gasteiger partial charge < -0.3 is 9.64 Å². The lowest BCUT2D eigenvalue weighted by Crippen LogP contribution is -2.43. The quantitative estimate of drug-likeness (QED) is 0.525. The highest BCUT2D eigenvalue weighted by Gasteiger charge is 2.32. The molecule has 0 radical (unpaired) electrons. The second kappa shape index (κ2) is 9.61. The number of anilines is 1. The van der Waals surface area contributed by atoms with Crippen molar-refractivity contribution in [2.45, 2.75) is 45.6 Å². The third-order valence-corrected chi connectivity index (χ3v) is 6.57. The van der Waals surface area contributed by atoms with Gasteiger partial charge in [0.05, 0.1) is 5.69 Å². The average Bonchev–Trinajstić information content (AvgIpc) is 3.21. The Morgan fingerprint density at radius 3 is 2.41 bits per heavy atom. The number of piperidine rings is 1. The summed E-state index contributed by atoms with van der Waals surface area (Å²) in [6.45, 7) is 6.10. The number of hydrogen-bond donors (Lipinski definition) is 0. The first kappa shape index (κ1) is 24.0. The van der Waals surface area contributed by atoms with Gasteiger partial charge in [0.1, 0.15) is 11.4 Å². The summed E-state index contributed by atoms with van der Waals surface area (Å²) >= 11 is 0. The lowest BCUT2D eigenvalue weighted by molar-refractivity contribution is -0.275. The molecule has 0 bridgehead atoms. The number of rotatable bonds is 6. The molecule has 3 heterocycles. The molecule has 0 unspecified atom stereocenters. The molecule has 0 atom stereocenters. The molecule has 2 aromatic heterocycles. The zero-order chi connectivity index (χ0) is 24.5. The molecule has 0 aliphatic carbocycles. The van der Waals surface area contributed by atoms with E-state index in [4.69, 9.17) is 0 Å². The van der Waals surface area contributed by atoms with Gasteiger partial charge in [0, 0.05) is 44.5 Å². The fraction of sp³-hybridized carbons (Fsp3) is 0.458. The summed E-state index contributed by atoms with van der Waals surface area (Å²) in [5.74, 6) is 0.739. The van der Waals surface area contributed by atoms with Crippen molar-refractivity contribution in [3.63, 3.8) is 0 Å². The number of nitrogens with zero attached hydrogens (tertiary/aromatic N) is 6. The Morgan fingerprint density at radius 1 is 1.06 bits per heavy atom. The minimum absolute atomic E-state index is 0.144. The number of alkyl halides is 3. The smallest absolute Gasteiger partial charge is 0.405 e. The lowest BCUT2D eigenvalue weighted by atomic mass is 10.0. The third kappa shape index (κ3) is 5.16. The first-order valence-electron chi connectivity index (χ1n) is 11.2. The Hall–Kier alpha value is -3.14. The number of aromatic nitrogens is 4. The van der Waals surface area contributed by atoms with Crippen LogP contribution in [0.4, 0.5) is 19.0 Å². The molecule has 0 N–H and O–H groups in total. The SMILES string of the molecule is Cc1c(-c2ccnn2C)nnc(N2CCC(N(C)Cc3ccccc3OC(F)(F)F)CC2)c1C. The Kier molecular flexibility index (Phi) is 6.79. The molecular formula is C24H29F3N6O. The molecule has 0 saturated carbocycles. The minimum Gasteiger partial charge on any atom is -0.405 e. The highest BCUT2D eigenvalue weighted by molar-refractivity contribution is 5.64. The maximum atomic E-state index is 12.7. The van der Waals surface area contributed by atoms with Crippen LogP contribution in [0.25, 0.3) is 11.4 Å². The topological polar surface area (TPSA) is 59.3 Å². The normalized spacial score (nSPS) is 15.2. The monoisotopic (exact) mass is 474 g/mol. The van der Waals surface area contributed by atoms with Gasteiger partial charge in [0.25, 0.3) is 0 Å². The van der Waals surface area contributed by atoms with Gasteiger partial charge >= 0.3 is 6.36 Å². The second-order valence-electron chi connectivity index (χ2n) is 8.75. The van der Waals surface area contributed by atoms with Gasteiger partial charge in [-0.3, -0.25) is 9.58 Å². The molecule has 10 heteroatoms. The van der Waals surface area contributed by atoms with Crippen molar-refractivity contribution in [1.82, 2.24) is 24.9 Å². The average molecular weight is 475 g/mol. The van der Waals surface area contributed by atoms with Crippen molar-refractivity contribution >= 4 is 5.82 Å². The first-order chi connectivity index (χ1) is 16.1. The summed E-state index contributed by atoms with van der Waals surface area (Å²) in [5.41, 5.74) is 4.45. The second-order valence-corrected chi connectivity index (χ2v) is 8.75. The van der Waals surface area contributed by atoms with Gasteiger partial charge in [-0.2, -0.15) is 5.10 Å². The summed E-state index contributed by atoms with van der Waals surface area (Å²) in [6.07, 6.45) is -1.21. The zero-order valence-electron chi connectivity index (χ0n) is 19.8. The molecule has 0 spiro atoms. The predicted molar refractivity (Wildman–Crippen MR) is 124 cm³/mol. The van der Waals surface area contributed by atoms with Crippen LogP contribution in [-0.2, 0) is 13.6 Å². The Balaban J connectivity index is 1.41. The molecule has 182 valence electrons. The maximum Gasteiger partial charge on any atom is 0.573 e. The molecule has 1 fully saturated rings. The Labute approximate surface area is 197 Å². The molecule has 1 aliphatic rings. The van der Waals surface area contributed by atoms with Gasteiger partial charge in [-0.15, -0.1) is 23.4 Å². The fourth-order valence-electron chi connectivity index (χ4n) is 4.52. The van der Waals surface area contributed by atoms with Crippen LogP contribution < -0.4 is 9.64 Å². The lowest BCUT2D eigenvalue weighted by Gasteiger charge is -2.38. The van der Waals surface area contributed by atoms with E-state index in [1.54, 1.807) is 29.1 Å². The van der Waals surface area contributed by atoms with E-state index in [0.717, 1.165) is 54.3 Å². The van der Waals surface area contributed by atoms with E-state index in [2.05, 4.69) is 43.7 Å². The summed E-state index contributed by atoms with van der Waals surface area (Å²) in [7, 11) is 3.83. The van der Waals surface area contributed by atoms with Gasteiger partial charge in [-0.05, 0) is 57.0 Å². The molecule has 0 amide bonds. The van der Waals surface area contributed by atoms with Gasteiger partial charge in [0.15, 0.2) is 5.82 Å². The number of hydrogen-bond acceptors (Lipinski definition) is 6. The number of para-hydroxylation sites is 1. The highest BCUT2D eigenvalue weighted by atomic mass is 19.4. The van der Waals surface area contributed by atoms with Crippen LogP contribution in [0.5, 0.6) is 5.75 Å². The molecule has 1 aliphatic heterocycles. The fourth-order valence-corrected chi connectivity index (χ4v) is 4.52. The van der Waals surface area contributed by atoms with Crippen molar-refractivity contribution < 1.29 is 17.9 Å². The standard InChI is InChI=1S/C24H29F3N6O/c1-16-17(2)23(30-29-22(16)20-9-12-28-32(20)4)33-13-10-19(11-14-33)31(3)15-18-7-5-6-8-21(18)34-24(25,26)27/h5-9,12,19H,10-11,13-15H2,1-4H3. The van der Waals surface area contributed by atoms with Crippen molar-refractivity contribution in [2.75, 3.05) is 25.0 Å². The summed E-state index contributed by atoms with van der Waals surface area (Å²) in [4.78, 5) is 4.35. The van der Waals surface area contributed by atoms with Crippen LogP contribution in [0.1, 0.15) is 29.5 Å². The number of benzene rings is 1. The summed E-state index contributed by atoms with van der Waals surface area (Å²) in [5, 5.41) is 13.3. The van der Waals surface area contributed by atoms with Crippen LogP contribution >= 0.6 is 0 Å². The molecule has 4 rings (SSSR count). The van der Waals surface area contributed by atoms with Crippen LogP contribution in [0, 0.1) is 13.8 Å². The van der Waals surface area contributed by atoms with Gasteiger partial charge in [-0.25, -0.2) is 0 Å². The molecule has 1 aromatic carbocycles. The summed E-state index contributed by atoms with van der Waals surface area (Å²) in [6, 6.07) is 8.49. The maximum absolute atomic E-state index is 12.7. The van der Waals surface area contributed by atoms with E-state index in [0.29, 0.717) is 12.1 Å². The van der Waals surface area contributed by atoms with Crippen LogP contribution in [-0.4, -0.2) is 57.4 Å².